The molecule has 0 saturated carbocycles. The Bertz CT molecular complexity index is 725. The highest BCUT2D eigenvalue weighted by molar-refractivity contribution is 6.35. The molecule has 2 aromatic carbocycles. The summed E-state index contributed by atoms with van der Waals surface area (Å²) in [6, 6.07) is 13.6. The van der Waals surface area contributed by atoms with Crippen molar-refractivity contribution in [3.63, 3.8) is 0 Å². The Labute approximate surface area is 147 Å². The number of benzene rings is 2. The lowest BCUT2D eigenvalue weighted by atomic mass is 9.99. The molecule has 2 amide bonds. The highest BCUT2D eigenvalue weighted by Crippen LogP contribution is 2.25. The number of hydrogen-bond donors (Lipinski definition) is 3. The average Bonchev–Trinajstić information content (AvgIpc) is 2.60. The Kier molecular flexibility index (Phi) is 6.91. The van der Waals surface area contributed by atoms with E-state index in [1.807, 2.05) is 61.5 Å². The summed E-state index contributed by atoms with van der Waals surface area (Å²) >= 11 is 0. The SMILES string of the molecule is CN(C)CCNC(=O)C(=O)NCCC(O)c1cccc2ccccc12. The van der Waals surface area contributed by atoms with Gasteiger partial charge in [-0.2, -0.15) is 0 Å². The molecule has 3 N–H and O–H groups in total. The van der Waals surface area contributed by atoms with Crippen LogP contribution in [0, 0.1) is 0 Å². The first-order chi connectivity index (χ1) is 12.0. The molecule has 6 heteroatoms. The Hall–Kier alpha value is -2.44. The Morgan fingerprint density at radius 3 is 2.36 bits per heavy atom. The van der Waals surface area contributed by atoms with Crippen molar-refractivity contribution in [2.24, 2.45) is 0 Å². The fourth-order valence-electron chi connectivity index (χ4n) is 2.57. The zero-order valence-corrected chi connectivity index (χ0v) is 14.7. The lowest BCUT2D eigenvalue weighted by molar-refractivity contribution is -0.139. The van der Waals surface area contributed by atoms with Crippen molar-refractivity contribution in [3.05, 3.63) is 48.0 Å². The number of carbonyl (C=O) groups is 2. The molecule has 25 heavy (non-hydrogen) atoms. The van der Waals surface area contributed by atoms with Gasteiger partial charge in [0, 0.05) is 19.6 Å². The van der Waals surface area contributed by atoms with Gasteiger partial charge in [-0.1, -0.05) is 42.5 Å². The molecule has 0 bridgehead atoms. The first-order valence-electron chi connectivity index (χ1n) is 8.35. The van der Waals surface area contributed by atoms with E-state index in [2.05, 4.69) is 10.6 Å². The summed E-state index contributed by atoms with van der Waals surface area (Å²) in [5, 5.41) is 17.6. The summed E-state index contributed by atoms with van der Waals surface area (Å²) in [5.74, 6) is -1.33. The van der Waals surface area contributed by atoms with E-state index < -0.39 is 17.9 Å². The molecule has 0 aliphatic carbocycles. The van der Waals surface area contributed by atoms with E-state index in [0.717, 1.165) is 16.3 Å². The molecule has 0 heterocycles. The number of nitrogens with one attached hydrogen (secondary N) is 2. The molecule has 0 aromatic heterocycles. The second-order valence-corrected chi connectivity index (χ2v) is 6.19. The maximum atomic E-state index is 11.7. The number of fused-ring (bicyclic) bond motifs is 1. The summed E-state index contributed by atoms with van der Waals surface area (Å²) in [7, 11) is 3.78. The predicted molar refractivity (Wildman–Crippen MR) is 98.1 cm³/mol. The van der Waals surface area contributed by atoms with Gasteiger partial charge in [-0.05, 0) is 36.9 Å². The molecule has 0 aliphatic rings. The molecule has 0 fully saturated rings. The Morgan fingerprint density at radius 2 is 1.64 bits per heavy atom. The van der Waals surface area contributed by atoms with Crippen molar-refractivity contribution in [1.82, 2.24) is 15.5 Å². The molecule has 0 aliphatic heterocycles. The van der Waals surface area contributed by atoms with Gasteiger partial charge in [-0.3, -0.25) is 9.59 Å². The normalized spacial score (nSPS) is 12.2. The highest BCUT2D eigenvalue weighted by atomic mass is 16.3. The second kappa shape index (κ2) is 9.15. The number of nitrogens with zero attached hydrogens (tertiary/aromatic N) is 1. The molecule has 134 valence electrons. The second-order valence-electron chi connectivity index (χ2n) is 6.19. The van der Waals surface area contributed by atoms with Gasteiger partial charge in [0.05, 0.1) is 6.10 Å². The van der Waals surface area contributed by atoms with Gasteiger partial charge in [0.15, 0.2) is 0 Å². The van der Waals surface area contributed by atoms with Crippen LogP contribution >= 0.6 is 0 Å². The van der Waals surface area contributed by atoms with Gasteiger partial charge in [0.1, 0.15) is 0 Å². The van der Waals surface area contributed by atoms with Gasteiger partial charge in [-0.25, -0.2) is 0 Å². The zero-order valence-electron chi connectivity index (χ0n) is 14.7. The van der Waals surface area contributed by atoms with Crippen molar-refractivity contribution >= 4 is 22.6 Å². The van der Waals surface area contributed by atoms with Crippen LogP contribution in [0.2, 0.25) is 0 Å². The first-order valence-corrected chi connectivity index (χ1v) is 8.35. The highest BCUT2D eigenvalue weighted by Gasteiger charge is 2.15. The van der Waals surface area contributed by atoms with Crippen LogP contribution in [0.15, 0.2) is 42.5 Å². The lowest BCUT2D eigenvalue weighted by Crippen LogP contribution is -2.42. The van der Waals surface area contributed by atoms with E-state index in [-0.39, 0.29) is 6.54 Å². The summed E-state index contributed by atoms with van der Waals surface area (Å²) < 4.78 is 0. The van der Waals surface area contributed by atoms with Crippen LogP contribution in [0.25, 0.3) is 10.8 Å². The molecule has 0 spiro atoms. The maximum Gasteiger partial charge on any atom is 0.309 e. The van der Waals surface area contributed by atoms with Gasteiger partial charge in [-0.15, -0.1) is 0 Å². The fraction of sp³-hybridized carbons (Fsp3) is 0.368. The number of amides is 2. The van der Waals surface area contributed by atoms with E-state index in [1.165, 1.54) is 0 Å². The third kappa shape index (κ3) is 5.55. The molecule has 0 saturated heterocycles. The molecule has 1 unspecified atom stereocenters. The van der Waals surface area contributed by atoms with Gasteiger partial charge >= 0.3 is 11.8 Å². The minimum absolute atomic E-state index is 0.227. The van der Waals surface area contributed by atoms with E-state index >= 15 is 0 Å². The molecule has 2 rings (SSSR count). The zero-order chi connectivity index (χ0) is 18.2. The third-order valence-electron chi connectivity index (χ3n) is 3.94. The van der Waals surface area contributed by atoms with Crippen molar-refractivity contribution in [2.45, 2.75) is 12.5 Å². The van der Waals surface area contributed by atoms with Crippen molar-refractivity contribution < 1.29 is 14.7 Å². The summed E-state index contributed by atoms with van der Waals surface area (Å²) in [6.07, 6.45) is -0.367. The van der Waals surface area contributed by atoms with E-state index in [9.17, 15) is 14.7 Å². The number of likely N-dealkylation sites (N-methyl/N-ethyl adjacent to an activating group) is 1. The number of rotatable bonds is 7. The van der Waals surface area contributed by atoms with Crippen molar-refractivity contribution in [2.75, 3.05) is 33.7 Å². The van der Waals surface area contributed by atoms with Gasteiger partial charge < -0.3 is 20.6 Å². The van der Waals surface area contributed by atoms with E-state index in [0.29, 0.717) is 19.5 Å². The van der Waals surface area contributed by atoms with Crippen LogP contribution in [-0.2, 0) is 9.59 Å². The fourth-order valence-corrected chi connectivity index (χ4v) is 2.57. The maximum absolute atomic E-state index is 11.7. The minimum Gasteiger partial charge on any atom is -0.388 e. The van der Waals surface area contributed by atoms with Gasteiger partial charge in [0.2, 0.25) is 0 Å². The molecular weight excluding hydrogens is 318 g/mol. The largest absolute Gasteiger partial charge is 0.388 e. The standard InChI is InChI=1S/C19H25N3O3/c1-22(2)13-12-21-19(25)18(24)20-11-10-17(23)16-9-5-7-14-6-3-4-8-15(14)16/h3-9,17,23H,10-13H2,1-2H3,(H,20,24)(H,21,25). The van der Waals surface area contributed by atoms with Crippen LogP contribution in [-0.4, -0.2) is 55.6 Å². The van der Waals surface area contributed by atoms with Crippen LogP contribution < -0.4 is 10.6 Å². The Morgan fingerprint density at radius 1 is 1.00 bits per heavy atom. The van der Waals surface area contributed by atoms with Crippen molar-refractivity contribution in [1.29, 1.82) is 0 Å². The smallest absolute Gasteiger partial charge is 0.309 e. The summed E-state index contributed by atoms with van der Waals surface area (Å²) in [6.45, 7) is 1.31. The van der Waals surface area contributed by atoms with Crippen molar-refractivity contribution in [3.8, 4) is 0 Å². The Balaban J connectivity index is 1.82. The van der Waals surface area contributed by atoms with Crippen LogP contribution in [0.3, 0.4) is 0 Å². The topological polar surface area (TPSA) is 81.7 Å². The quantitative estimate of drug-likeness (QED) is 0.657. The third-order valence-corrected chi connectivity index (χ3v) is 3.94. The van der Waals surface area contributed by atoms with E-state index in [1.54, 1.807) is 0 Å². The summed E-state index contributed by atoms with van der Waals surface area (Å²) in [5.41, 5.74) is 0.822. The number of carbonyl (C=O) groups excluding carboxylic acids is 2. The van der Waals surface area contributed by atoms with Crippen LogP contribution in [0.5, 0.6) is 0 Å². The minimum atomic E-state index is -0.705. The predicted octanol–water partition coefficient (Wildman–Crippen LogP) is 1.06. The average molecular weight is 343 g/mol. The monoisotopic (exact) mass is 343 g/mol. The van der Waals surface area contributed by atoms with Gasteiger partial charge in [0.25, 0.3) is 0 Å². The van der Waals surface area contributed by atoms with Crippen LogP contribution in [0.4, 0.5) is 0 Å². The van der Waals surface area contributed by atoms with E-state index in [4.69, 9.17) is 0 Å². The first kappa shape index (κ1) is 18.9. The number of hydrogen-bond acceptors (Lipinski definition) is 4. The number of aliphatic hydroxyl groups is 1. The lowest BCUT2D eigenvalue weighted by Gasteiger charge is -2.14. The number of aliphatic hydroxyl groups excluding tert-OH is 1. The molecule has 0 radical (unpaired) electrons. The van der Waals surface area contributed by atoms with Crippen LogP contribution in [0.1, 0.15) is 18.1 Å². The molecular formula is C19H25N3O3. The summed E-state index contributed by atoms with van der Waals surface area (Å²) in [4.78, 5) is 25.3. The molecule has 2 aromatic rings. The molecule has 1 atom stereocenters. The molecule has 6 nitrogen and oxygen atoms in total.